The molecule has 0 radical (unpaired) electrons. The average Bonchev–Trinajstić information content (AvgIpc) is 2.72. The molecular formula is C24H17Br3N2O2. The number of carbonyl (C=O) groups is 1. The molecule has 0 atom stereocenters. The van der Waals surface area contributed by atoms with Gasteiger partial charge in [0.2, 0.25) is 0 Å². The fourth-order valence-corrected chi connectivity index (χ4v) is 4.49. The van der Waals surface area contributed by atoms with Crippen LogP contribution in [0.25, 0.3) is 6.08 Å². The Morgan fingerprint density at radius 2 is 1.74 bits per heavy atom. The molecule has 156 valence electrons. The van der Waals surface area contributed by atoms with E-state index in [2.05, 4.69) is 53.1 Å². The minimum Gasteiger partial charge on any atom is -0.487 e. The van der Waals surface area contributed by atoms with Crippen LogP contribution >= 0.6 is 47.8 Å². The number of anilines is 1. The van der Waals surface area contributed by atoms with E-state index in [1.165, 1.54) is 0 Å². The van der Waals surface area contributed by atoms with E-state index in [1.807, 2.05) is 55.5 Å². The zero-order valence-electron chi connectivity index (χ0n) is 16.5. The summed E-state index contributed by atoms with van der Waals surface area (Å²) < 4.78 is 8.37. The van der Waals surface area contributed by atoms with Crippen LogP contribution in [0.5, 0.6) is 5.75 Å². The van der Waals surface area contributed by atoms with E-state index in [0.29, 0.717) is 32.6 Å². The summed E-state index contributed by atoms with van der Waals surface area (Å²) in [4.78, 5) is 12.5. The van der Waals surface area contributed by atoms with Gasteiger partial charge in [-0.25, -0.2) is 0 Å². The van der Waals surface area contributed by atoms with Gasteiger partial charge in [0.25, 0.3) is 5.91 Å². The van der Waals surface area contributed by atoms with Gasteiger partial charge in [0.1, 0.15) is 24.0 Å². The fraction of sp³-hybridized carbons (Fsp3) is 0.0833. The van der Waals surface area contributed by atoms with Gasteiger partial charge in [0.05, 0.1) is 8.95 Å². The molecule has 0 saturated heterocycles. The maximum Gasteiger partial charge on any atom is 0.266 e. The van der Waals surface area contributed by atoms with E-state index in [9.17, 15) is 10.1 Å². The normalized spacial score (nSPS) is 11.0. The quantitative estimate of drug-likeness (QED) is 0.235. The Kier molecular flexibility index (Phi) is 8.08. The second kappa shape index (κ2) is 10.8. The molecule has 0 spiro atoms. The number of aryl methyl sites for hydroxylation is 1. The summed E-state index contributed by atoms with van der Waals surface area (Å²) in [7, 11) is 0. The molecule has 0 aromatic heterocycles. The van der Waals surface area contributed by atoms with Gasteiger partial charge in [0, 0.05) is 10.2 Å². The molecule has 0 bridgehead atoms. The first-order chi connectivity index (χ1) is 14.9. The van der Waals surface area contributed by atoms with Crippen LogP contribution in [0.2, 0.25) is 0 Å². The summed E-state index contributed by atoms with van der Waals surface area (Å²) in [5.41, 5.74) is 3.39. The number of nitrogens with zero attached hydrogens (tertiary/aromatic N) is 1. The number of hydrogen-bond acceptors (Lipinski definition) is 3. The van der Waals surface area contributed by atoms with Gasteiger partial charge in [0.15, 0.2) is 0 Å². The highest BCUT2D eigenvalue weighted by atomic mass is 79.9. The molecule has 31 heavy (non-hydrogen) atoms. The number of hydrogen-bond donors (Lipinski definition) is 1. The Balaban J connectivity index is 1.76. The Hall–Kier alpha value is -2.40. The van der Waals surface area contributed by atoms with Gasteiger partial charge in [-0.2, -0.15) is 5.26 Å². The summed E-state index contributed by atoms with van der Waals surface area (Å²) in [5.74, 6) is 0.179. The van der Waals surface area contributed by atoms with Crippen LogP contribution in [-0.4, -0.2) is 5.91 Å². The molecule has 3 aromatic rings. The smallest absolute Gasteiger partial charge is 0.266 e. The van der Waals surface area contributed by atoms with Crippen molar-refractivity contribution in [3.05, 3.63) is 96.3 Å². The van der Waals surface area contributed by atoms with Crippen molar-refractivity contribution in [1.82, 2.24) is 0 Å². The van der Waals surface area contributed by atoms with Crippen LogP contribution in [0, 0.1) is 18.3 Å². The first-order valence-electron chi connectivity index (χ1n) is 9.22. The van der Waals surface area contributed by atoms with E-state index >= 15 is 0 Å². The molecule has 0 unspecified atom stereocenters. The predicted octanol–water partition coefficient (Wildman–Crippen LogP) is 7.41. The van der Waals surface area contributed by atoms with Crippen molar-refractivity contribution in [1.29, 1.82) is 5.26 Å². The first-order valence-corrected chi connectivity index (χ1v) is 11.6. The second-order valence-corrected chi connectivity index (χ2v) is 9.35. The number of rotatable bonds is 6. The van der Waals surface area contributed by atoms with E-state index < -0.39 is 5.91 Å². The highest BCUT2D eigenvalue weighted by molar-refractivity contribution is 9.11. The molecule has 1 N–H and O–H groups in total. The van der Waals surface area contributed by atoms with Crippen LogP contribution in [0.15, 0.2) is 79.7 Å². The summed E-state index contributed by atoms with van der Waals surface area (Å²) in [5, 5.41) is 12.2. The number of ether oxygens (including phenoxy) is 1. The third-order valence-electron chi connectivity index (χ3n) is 4.27. The highest BCUT2D eigenvalue weighted by Gasteiger charge is 2.13. The average molecular weight is 605 g/mol. The SMILES string of the molecule is Cc1cccc(NC(=O)/C(C#N)=C\c2cc(Br)c(OCc3ccc(Br)cc3)c(Br)c2)c1. The molecule has 3 aromatic carbocycles. The molecular weight excluding hydrogens is 588 g/mol. The topological polar surface area (TPSA) is 62.1 Å². The molecule has 0 saturated carbocycles. The van der Waals surface area contributed by atoms with Crippen molar-refractivity contribution >= 4 is 65.5 Å². The molecule has 3 rings (SSSR count). The Morgan fingerprint density at radius 3 is 2.35 bits per heavy atom. The van der Waals surface area contributed by atoms with Crippen molar-refractivity contribution in [3.63, 3.8) is 0 Å². The fourth-order valence-electron chi connectivity index (χ4n) is 2.77. The monoisotopic (exact) mass is 602 g/mol. The number of carbonyl (C=O) groups excluding carboxylic acids is 1. The van der Waals surface area contributed by atoms with Crippen molar-refractivity contribution < 1.29 is 9.53 Å². The van der Waals surface area contributed by atoms with Gasteiger partial charge in [-0.05, 0) is 97.9 Å². The third kappa shape index (κ3) is 6.54. The third-order valence-corrected chi connectivity index (χ3v) is 5.98. The molecule has 0 fully saturated rings. The summed E-state index contributed by atoms with van der Waals surface area (Å²) in [6.07, 6.45) is 1.54. The Morgan fingerprint density at radius 1 is 1.06 bits per heavy atom. The minimum atomic E-state index is -0.462. The van der Waals surface area contributed by atoms with Crippen molar-refractivity contribution in [2.24, 2.45) is 0 Å². The number of benzene rings is 3. The van der Waals surface area contributed by atoms with Gasteiger partial charge in [-0.1, -0.05) is 40.2 Å². The number of amides is 1. The van der Waals surface area contributed by atoms with Gasteiger partial charge in [-0.15, -0.1) is 0 Å². The number of halogens is 3. The van der Waals surface area contributed by atoms with E-state index in [0.717, 1.165) is 15.6 Å². The second-order valence-electron chi connectivity index (χ2n) is 6.72. The standard InChI is InChI=1S/C24H17Br3N2O2/c1-15-3-2-4-20(9-15)29-24(30)18(13-28)10-17-11-21(26)23(22(27)12-17)31-14-16-5-7-19(25)8-6-16/h2-12H,14H2,1H3,(H,29,30)/b18-10-. The lowest BCUT2D eigenvalue weighted by molar-refractivity contribution is -0.112. The van der Waals surface area contributed by atoms with Crippen LogP contribution in [0.3, 0.4) is 0 Å². The van der Waals surface area contributed by atoms with E-state index in [1.54, 1.807) is 24.3 Å². The lowest BCUT2D eigenvalue weighted by atomic mass is 10.1. The largest absolute Gasteiger partial charge is 0.487 e. The number of nitriles is 1. The van der Waals surface area contributed by atoms with E-state index in [-0.39, 0.29) is 5.57 Å². The van der Waals surface area contributed by atoms with Crippen molar-refractivity contribution in [3.8, 4) is 11.8 Å². The Bertz CT molecular complexity index is 1160. The predicted molar refractivity (Wildman–Crippen MR) is 134 cm³/mol. The van der Waals surface area contributed by atoms with Crippen LogP contribution in [0.1, 0.15) is 16.7 Å². The molecule has 0 heterocycles. The van der Waals surface area contributed by atoms with Crippen LogP contribution in [0.4, 0.5) is 5.69 Å². The Labute approximate surface area is 206 Å². The van der Waals surface area contributed by atoms with E-state index in [4.69, 9.17) is 4.74 Å². The minimum absolute atomic E-state index is 0.00355. The van der Waals surface area contributed by atoms with Crippen molar-refractivity contribution in [2.45, 2.75) is 13.5 Å². The van der Waals surface area contributed by atoms with Crippen LogP contribution in [-0.2, 0) is 11.4 Å². The highest BCUT2D eigenvalue weighted by Crippen LogP contribution is 2.36. The number of nitrogens with one attached hydrogen (secondary N) is 1. The molecule has 0 aliphatic heterocycles. The maximum atomic E-state index is 12.5. The summed E-state index contributed by atoms with van der Waals surface area (Å²) >= 11 is 10.5. The molecule has 0 aliphatic rings. The summed E-state index contributed by atoms with van der Waals surface area (Å²) in [6, 6.07) is 20.9. The molecule has 4 nitrogen and oxygen atoms in total. The van der Waals surface area contributed by atoms with Crippen molar-refractivity contribution in [2.75, 3.05) is 5.32 Å². The summed E-state index contributed by atoms with van der Waals surface area (Å²) in [6.45, 7) is 2.34. The van der Waals surface area contributed by atoms with Crippen LogP contribution < -0.4 is 10.1 Å². The van der Waals surface area contributed by atoms with Gasteiger partial charge >= 0.3 is 0 Å². The molecule has 1 amide bonds. The lowest BCUT2D eigenvalue weighted by Crippen LogP contribution is -2.13. The zero-order chi connectivity index (χ0) is 22.4. The maximum absolute atomic E-state index is 12.5. The zero-order valence-corrected chi connectivity index (χ0v) is 21.2. The molecule has 0 aliphatic carbocycles. The van der Waals surface area contributed by atoms with Gasteiger partial charge < -0.3 is 10.1 Å². The first kappa shape index (κ1) is 23.3. The lowest BCUT2D eigenvalue weighted by Gasteiger charge is -2.12. The molecule has 7 heteroatoms. The van der Waals surface area contributed by atoms with Gasteiger partial charge in [-0.3, -0.25) is 4.79 Å².